The van der Waals surface area contributed by atoms with Crippen LogP contribution >= 0.6 is 0 Å². The van der Waals surface area contributed by atoms with Crippen LogP contribution in [-0.4, -0.2) is 0 Å². The Bertz CT molecular complexity index is 3140. The molecule has 0 fully saturated rings. The van der Waals surface area contributed by atoms with Crippen LogP contribution in [-0.2, 0) is 12.0 Å². The normalized spacial score (nSPS) is 15.0. The molecule has 4 nitrogen and oxygen atoms in total. The summed E-state index contributed by atoms with van der Waals surface area (Å²) in [4.78, 5) is 0. The van der Waals surface area contributed by atoms with Gasteiger partial charge in [0.15, 0.2) is 0 Å². The first kappa shape index (κ1) is 43.1. The first-order valence-corrected chi connectivity index (χ1v) is 21.7. The van der Waals surface area contributed by atoms with Crippen molar-refractivity contribution in [2.75, 3.05) is 5.73 Å². The summed E-state index contributed by atoms with van der Waals surface area (Å²) in [6.45, 7) is 7.58. The lowest BCUT2D eigenvalue weighted by Gasteiger charge is -2.36. The van der Waals surface area contributed by atoms with Crippen molar-refractivity contribution in [1.82, 2.24) is 0 Å². The average molecular weight is 831 g/mol. The van der Waals surface area contributed by atoms with Gasteiger partial charge in [-0.1, -0.05) is 212 Å². The number of fused-ring (bicyclic) bond motifs is 9. The molecule has 0 aliphatic heterocycles. The minimum absolute atomic E-state index is 0.341. The number of hydrogen-bond acceptors (Lipinski definition) is 4. The van der Waals surface area contributed by atoms with Gasteiger partial charge in [0.2, 0.25) is 0 Å². The van der Waals surface area contributed by atoms with E-state index in [1.807, 2.05) is 78.9 Å². The molecule has 4 heteroatoms. The molecular weight excluding hydrogens is 777 g/mol. The fraction of sp³-hybridized carbons (Fsp3) is 0.0667. The van der Waals surface area contributed by atoms with Gasteiger partial charge in [0.1, 0.15) is 0 Å². The van der Waals surface area contributed by atoms with Crippen molar-refractivity contribution in [3.8, 4) is 22.3 Å². The highest BCUT2D eigenvalue weighted by Crippen LogP contribution is 2.57. The number of para-hydroxylation sites is 1. The zero-order valence-corrected chi connectivity index (χ0v) is 36.2. The molecule has 0 bridgehead atoms. The average Bonchev–Trinajstić information content (AvgIpc) is 3.63. The van der Waals surface area contributed by atoms with Crippen molar-refractivity contribution in [1.29, 1.82) is 0 Å². The molecule has 0 aromatic heterocycles. The largest absolute Gasteiger partial charge is 0.399 e. The molecular formula is C60H54N4. The molecule has 11 rings (SSSR count). The van der Waals surface area contributed by atoms with E-state index < -0.39 is 5.41 Å². The number of rotatable bonds is 3. The summed E-state index contributed by atoms with van der Waals surface area (Å²) in [6, 6.07) is 75.7. The number of allylic oxidation sites excluding steroid dienone is 1. The second-order valence-corrected chi connectivity index (χ2v) is 16.2. The van der Waals surface area contributed by atoms with Gasteiger partial charge in [0.25, 0.3) is 0 Å². The van der Waals surface area contributed by atoms with Crippen LogP contribution in [0.5, 0.6) is 0 Å². The van der Waals surface area contributed by atoms with Gasteiger partial charge < -0.3 is 22.9 Å². The van der Waals surface area contributed by atoms with Crippen molar-refractivity contribution in [2.24, 2.45) is 17.2 Å². The zero-order valence-electron chi connectivity index (χ0n) is 36.2. The molecule has 0 saturated heterocycles. The van der Waals surface area contributed by atoms with Crippen LogP contribution in [0.15, 0.2) is 231 Å². The third-order valence-corrected chi connectivity index (χ3v) is 11.9. The Labute approximate surface area is 377 Å². The molecule has 0 saturated carbocycles. The minimum Gasteiger partial charge on any atom is -0.399 e. The molecule has 1 atom stereocenters. The SMILES string of the molecule is C=C1/C=c2/cccc/c2=C/c2cc3ccccc3cc2C12c1ccccc1-c1ccc(C)cc12.NC(N)c1ccccc1.NCc1ccc(-c2ccccc2)cc1.Nc1ccccc1. The van der Waals surface area contributed by atoms with Gasteiger partial charge in [-0.05, 0) is 120 Å². The van der Waals surface area contributed by atoms with E-state index in [9.17, 15) is 0 Å². The van der Waals surface area contributed by atoms with E-state index in [0.717, 1.165) is 16.8 Å². The highest BCUT2D eigenvalue weighted by atomic mass is 14.8. The molecule has 314 valence electrons. The highest BCUT2D eigenvalue weighted by molar-refractivity contribution is 5.93. The van der Waals surface area contributed by atoms with E-state index in [2.05, 4.69) is 159 Å². The molecule has 0 amide bonds. The molecule has 8 N–H and O–H groups in total. The second-order valence-electron chi connectivity index (χ2n) is 16.2. The van der Waals surface area contributed by atoms with Crippen LogP contribution in [0.1, 0.15) is 45.1 Å². The summed E-state index contributed by atoms with van der Waals surface area (Å²) in [5.41, 5.74) is 36.9. The van der Waals surface area contributed by atoms with Gasteiger partial charge in [0, 0.05) is 12.2 Å². The van der Waals surface area contributed by atoms with Crippen LogP contribution in [0.3, 0.4) is 0 Å². The Kier molecular flexibility index (Phi) is 13.2. The number of nitrogens with two attached hydrogens (primary N) is 4. The highest BCUT2D eigenvalue weighted by Gasteiger charge is 2.47. The molecule has 9 aromatic rings. The van der Waals surface area contributed by atoms with Crippen LogP contribution in [0.2, 0.25) is 0 Å². The molecule has 64 heavy (non-hydrogen) atoms. The second kappa shape index (κ2) is 19.6. The Morgan fingerprint density at radius 1 is 0.484 bits per heavy atom. The quantitative estimate of drug-likeness (QED) is 0.105. The predicted molar refractivity (Wildman–Crippen MR) is 271 cm³/mol. The topological polar surface area (TPSA) is 104 Å². The van der Waals surface area contributed by atoms with Gasteiger partial charge in [-0.15, -0.1) is 0 Å². The van der Waals surface area contributed by atoms with Crippen molar-refractivity contribution in [2.45, 2.75) is 25.0 Å². The van der Waals surface area contributed by atoms with Gasteiger partial charge in [-0.25, -0.2) is 0 Å². The summed E-state index contributed by atoms with van der Waals surface area (Å²) in [5, 5.41) is 4.96. The molecule has 0 radical (unpaired) electrons. The Hall–Kier alpha value is -7.60. The van der Waals surface area contributed by atoms with E-state index in [1.165, 1.54) is 76.8 Å². The van der Waals surface area contributed by atoms with Crippen molar-refractivity contribution >= 4 is 28.6 Å². The minimum atomic E-state index is -0.443. The third kappa shape index (κ3) is 9.12. The van der Waals surface area contributed by atoms with E-state index in [1.54, 1.807) is 0 Å². The van der Waals surface area contributed by atoms with Gasteiger partial charge in [-0.2, -0.15) is 0 Å². The number of nitrogen functional groups attached to an aromatic ring is 1. The van der Waals surface area contributed by atoms with E-state index >= 15 is 0 Å². The maximum Gasteiger partial charge on any atom is 0.0784 e. The fourth-order valence-electron chi connectivity index (χ4n) is 8.73. The number of hydrogen-bond donors (Lipinski definition) is 4. The van der Waals surface area contributed by atoms with Crippen molar-refractivity contribution in [3.05, 3.63) is 280 Å². The number of aryl methyl sites for hydroxylation is 1. The number of benzene rings is 9. The van der Waals surface area contributed by atoms with E-state index in [-0.39, 0.29) is 6.17 Å². The van der Waals surface area contributed by atoms with Crippen LogP contribution in [0, 0.1) is 6.92 Å². The Morgan fingerprint density at radius 2 is 1.02 bits per heavy atom. The smallest absolute Gasteiger partial charge is 0.0784 e. The molecule has 1 spiro atoms. The molecule has 2 aliphatic rings. The fourth-order valence-corrected chi connectivity index (χ4v) is 8.73. The summed E-state index contributed by atoms with van der Waals surface area (Å²) in [5.74, 6) is 0. The first-order valence-electron chi connectivity index (χ1n) is 21.7. The Morgan fingerprint density at radius 3 is 1.62 bits per heavy atom. The molecule has 1 unspecified atom stereocenters. The van der Waals surface area contributed by atoms with Crippen molar-refractivity contribution < 1.29 is 0 Å². The summed E-state index contributed by atoms with van der Waals surface area (Å²) < 4.78 is 0. The lowest BCUT2D eigenvalue weighted by molar-refractivity contribution is 0.774. The molecule has 0 heterocycles. The number of anilines is 1. The van der Waals surface area contributed by atoms with E-state index in [0.29, 0.717) is 6.54 Å². The predicted octanol–water partition coefficient (Wildman–Crippen LogP) is 11.3. The van der Waals surface area contributed by atoms with Crippen molar-refractivity contribution in [3.63, 3.8) is 0 Å². The Balaban J connectivity index is 0.000000151. The summed E-state index contributed by atoms with van der Waals surface area (Å²) in [7, 11) is 0. The molecule has 2 aliphatic carbocycles. The van der Waals surface area contributed by atoms with Crippen LogP contribution in [0.4, 0.5) is 5.69 Å². The van der Waals surface area contributed by atoms with Crippen LogP contribution in [0.25, 0.3) is 45.2 Å². The van der Waals surface area contributed by atoms with Crippen LogP contribution < -0.4 is 33.4 Å². The lowest BCUT2D eigenvalue weighted by atomic mass is 9.65. The van der Waals surface area contributed by atoms with E-state index in [4.69, 9.17) is 29.5 Å². The third-order valence-electron chi connectivity index (χ3n) is 11.9. The van der Waals surface area contributed by atoms with Gasteiger partial charge in [0.05, 0.1) is 11.6 Å². The van der Waals surface area contributed by atoms with Gasteiger partial charge >= 0.3 is 0 Å². The summed E-state index contributed by atoms with van der Waals surface area (Å²) in [6.07, 6.45) is 4.32. The molecule has 9 aromatic carbocycles. The standard InChI is InChI=1S/C34H24.C13H13N.C7H10N2.C6H7N/c1-22-15-16-30-29-13-7-8-14-31(29)34(33(30)17-22)23(2)18-24-9-3-4-10-25(24)19-28-20-26-11-5-6-12-27(26)21-32(28)34;14-10-11-6-8-13(9-7-11)12-4-2-1-3-5-12;8-7(9)6-4-2-1-3-5-6;7-6-4-2-1-3-5-6/h3-21H,2H2,1H3;1-9H,10,14H2;1-5,7H,8-9H2;1-5H,7H2/b24-18-,25-19-;;;. The summed E-state index contributed by atoms with van der Waals surface area (Å²) >= 11 is 0. The lowest BCUT2D eigenvalue weighted by Crippen LogP contribution is -2.34. The van der Waals surface area contributed by atoms with Gasteiger partial charge in [-0.3, -0.25) is 0 Å². The monoisotopic (exact) mass is 830 g/mol. The zero-order chi connectivity index (χ0) is 44.5. The first-order chi connectivity index (χ1) is 31.3. The maximum absolute atomic E-state index is 5.54. The maximum atomic E-state index is 5.54.